The zero-order valence-corrected chi connectivity index (χ0v) is 8.32. The molecule has 0 aliphatic carbocycles. The first-order valence-electron chi connectivity index (χ1n) is 4.72. The maximum atomic E-state index is 10.7. The quantitative estimate of drug-likeness (QED) is 0.652. The van der Waals surface area contributed by atoms with E-state index >= 15 is 0 Å². The van der Waals surface area contributed by atoms with Gasteiger partial charge in [-0.15, -0.1) is 0 Å². The molecule has 4 nitrogen and oxygen atoms in total. The summed E-state index contributed by atoms with van der Waals surface area (Å²) < 4.78 is 5.16. The van der Waals surface area contributed by atoms with Crippen molar-refractivity contribution in [2.24, 2.45) is 11.7 Å². The summed E-state index contributed by atoms with van der Waals surface area (Å²) in [7, 11) is 0. The first kappa shape index (κ1) is 10.8. The van der Waals surface area contributed by atoms with Crippen molar-refractivity contribution in [3.8, 4) is 0 Å². The summed E-state index contributed by atoms with van der Waals surface area (Å²) in [4.78, 5) is 10.7. The molecule has 1 atom stereocenters. The highest BCUT2D eigenvalue weighted by Gasteiger charge is 2.06. The standard InChI is InChI=1S/C10H16N2O2/c1-8(10(11)13)7-12-5-4-9-3-2-6-14-9/h2-3,6,8,12H,4-5,7H2,1H3,(H2,11,13). The van der Waals surface area contributed by atoms with Gasteiger partial charge < -0.3 is 15.5 Å². The highest BCUT2D eigenvalue weighted by Crippen LogP contribution is 1.99. The van der Waals surface area contributed by atoms with E-state index in [0.29, 0.717) is 6.54 Å². The van der Waals surface area contributed by atoms with Gasteiger partial charge in [0.1, 0.15) is 5.76 Å². The third kappa shape index (κ3) is 3.62. The number of hydrogen-bond donors (Lipinski definition) is 2. The van der Waals surface area contributed by atoms with Gasteiger partial charge in [0.2, 0.25) is 5.91 Å². The van der Waals surface area contributed by atoms with Crippen LogP contribution in [0.4, 0.5) is 0 Å². The van der Waals surface area contributed by atoms with Gasteiger partial charge in [0.15, 0.2) is 0 Å². The number of nitrogens with two attached hydrogens (primary N) is 1. The molecular formula is C10H16N2O2. The molecule has 1 heterocycles. The molecule has 14 heavy (non-hydrogen) atoms. The zero-order valence-electron chi connectivity index (χ0n) is 8.32. The lowest BCUT2D eigenvalue weighted by molar-refractivity contribution is -0.121. The Morgan fingerprint density at radius 3 is 3.07 bits per heavy atom. The molecule has 0 bridgehead atoms. The molecule has 0 aliphatic rings. The van der Waals surface area contributed by atoms with Crippen LogP contribution in [-0.4, -0.2) is 19.0 Å². The Kier molecular flexibility index (Phi) is 4.19. The normalized spacial score (nSPS) is 12.6. The highest BCUT2D eigenvalue weighted by atomic mass is 16.3. The number of rotatable bonds is 6. The van der Waals surface area contributed by atoms with Crippen molar-refractivity contribution < 1.29 is 9.21 Å². The number of amides is 1. The summed E-state index contributed by atoms with van der Waals surface area (Å²) in [5, 5.41) is 3.14. The molecule has 0 aliphatic heterocycles. The molecule has 4 heteroatoms. The Morgan fingerprint density at radius 2 is 2.50 bits per heavy atom. The van der Waals surface area contributed by atoms with E-state index in [9.17, 15) is 4.79 Å². The van der Waals surface area contributed by atoms with Crippen LogP contribution in [0.25, 0.3) is 0 Å². The zero-order chi connectivity index (χ0) is 10.4. The van der Waals surface area contributed by atoms with Gasteiger partial charge in [0.05, 0.1) is 6.26 Å². The summed E-state index contributed by atoms with van der Waals surface area (Å²) in [5.41, 5.74) is 5.12. The van der Waals surface area contributed by atoms with E-state index in [1.807, 2.05) is 19.1 Å². The molecule has 0 fully saturated rings. The second kappa shape index (κ2) is 5.44. The first-order valence-corrected chi connectivity index (χ1v) is 4.72. The smallest absolute Gasteiger partial charge is 0.221 e. The molecule has 1 aromatic heterocycles. The minimum absolute atomic E-state index is 0.119. The van der Waals surface area contributed by atoms with Crippen molar-refractivity contribution in [1.29, 1.82) is 0 Å². The largest absolute Gasteiger partial charge is 0.469 e. The van der Waals surface area contributed by atoms with Gasteiger partial charge in [-0.1, -0.05) is 6.92 Å². The number of carbonyl (C=O) groups excluding carboxylic acids is 1. The number of hydrogen-bond acceptors (Lipinski definition) is 3. The predicted molar refractivity (Wildman–Crippen MR) is 53.6 cm³/mol. The topological polar surface area (TPSA) is 68.3 Å². The second-order valence-electron chi connectivity index (χ2n) is 3.34. The van der Waals surface area contributed by atoms with Gasteiger partial charge in [-0.25, -0.2) is 0 Å². The maximum absolute atomic E-state index is 10.7. The van der Waals surface area contributed by atoms with Crippen LogP contribution < -0.4 is 11.1 Å². The number of carbonyl (C=O) groups is 1. The third-order valence-electron chi connectivity index (χ3n) is 2.06. The van der Waals surface area contributed by atoms with E-state index < -0.39 is 0 Å². The fraction of sp³-hybridized carbons (Fsp3) is 0.500. The van der Waals surface area contributed by atoms with E-state index in [4.69, 9.17) is 10.2 Å². The van der Waals surface area contributed by atoms with Gasteiger partial charge in [-0.05, 0) is 12.1 Å². The molecular weight excluding hydrogens is 180 g/mol. The van der Waals surface area contributed by atoms with Crippen LogP contribution in [0.1, 0.15) is 12.7 Å². The lowest BCUT2D eigenvalue weighted by atomic mass is 10.2. The molecule has 78 valence electrons. The highest BCUT2D eigenvalue weighted by molar-refractivity contribution is 5.76. The summed E-state index contributed by atoms with van der Waals surface area (Å²) in [6, 6.07) is 3.79. The lowest BCUT2D eigenvalue weighted by Gasteiger charge is -2.07. The van der Waals surface area contributed by atoms with Crippen LogP contribution in [0.5, 0.6) is 0 Å². The van der Waals surface area contributed by atoms with Crippen molar-refractivity contribution in [2.75, 3.05) is 13.1 Å². The predicted octanol–water partition coefficient (Wildman–Crippen LogP) is 0.533. The molecule has 0 saturated heterocycles. The molecule has 0 spiro atoms. The molecule has 0 saturated carbocycles. The molecule has 1 unspecified atom stereocenters. The number of primary amides is 1. The molecule has 0 aromatic carbocycles. The van der Waals surface area contributed by atoms with E-state index in [1.54, 1.807) is 6.26 Å². The SMILES string of the molecule is CC(CNCCc1ccco1)C(N)=O. The summed E-state index contributed by atoms with van der Waals surface area (Å²) in [6.07, 6.45) is 2.49. The first-order chi connectivity index (χ1) is 6.70. The van der Waals surface area contributed by atoms with Crippen LogP contribution in [0, 0.1) is 5.92 Å². The minimum atomic E-state index is -0.268. The summed E-state index contributed by atoms with van der Waals surface area (Å²) in [6.45, 7) is 3.23. The van der Waals surface area contributed by atoms with E-state index in [0.717, 1.165) is 18.7 Å². The van der Waals surface area contributed by atoms with Gasteiger partial charge in [-0.3, -0.25) is 4.79 Å². The summed E-state index contributed by atoms with van der Waals surface area (Å²) in [5.74, 6) is 0.561. The van der Waals surface area contributed by atoms with Crippen molar-refractivity contribution in [3.05, 3.63) is 24.2 Å². The Bertz CT molecular complexity index is 270. The average Bonchev–Trinajstić information content (AvgIpc) is 2.64. The van der Waals surface area contributed by atoms with E-state index in [2.05, 4.69) is 5.32 Å². The maximum Gasteiger partial charge on any atom is 0.221 e. The van der Waals surface area contributed by atoms with Gasteiger partial charge >= 0.3 is 0 Å². The Balaban J connectivity index is 2.08. The van der Waals surface area contributed by atoms with Crippen molar-refractivity contribution in [3.63, 3.8) is 0 Å². The van der Waals surface area contributed by atoms with Gasteiger partial charge in [0.25, 0.3) is 0 Å². The van der Waals surface area contributed by atoms with E-state index in [-0.39, 0.29) is 11.8 Å². The van der Waals surface area contributed by atoms with Crippen LogP contribution >= 0.6 is 0 Å². The minimum Gasteiger partial charge on any atom is -0.469 e. The van der Waals surface area contributed by atoms with Crippen LogP contribution in [0.3, 0.4) is 0 Å². The lowest BCUT2D eigenvalue weighted by Crippen LogP contribution is -2.31. The van der Waals surface area contributed by atoms with Gasteiger partial charge in [0, 0.05) is 25.4 Å². The number of nitrogens with one attached hydrogen (secondary N) is 1. The van der Waals surface area contributed by atoms with E-state index in [1.165, 1.54) is 0 Å². The van der Waals surface area contributed by atoms with Crippen LogP contribution in [0.15, 0.2) is 22.8 Å². The van der Waals surface area contributed by atoms with Crippen molar-refractivity contribution >= 4 is 5.91 Å². The van der Waals surface area contributed by atoms with Crippen LogP contribution in [0.2, 0.25) is 0 Å². The average molecular weight is 196 g/mol. The second-order valence-corrected chi connectivity index (χ2v) is 3.34. The molecule has 1 aromatic rings. The monoisotopic (exact) mass is 196 g/mol. The van der Waals surface area contributed by atoms with Crippen molar-refractivity contribution in [1.82, 2.24) is 5.32 Å². The Morgan fingerprint density at radius 1 is 1.71 bits per heavy atom. The van der Waals surface area contributed by atoms with Crippen LogP contribution in [-0.2, 0) is 11.2 Å². The van der Waals surface area contributed by atoms with Crippen molar-refractivity contribution in [2.45, 2.75) is 13.3 Å². The molecule has 0 radical (unpaired) electrons. The summed E-state index contributed by atoms with van der Waals surface area (Å²) >= 11 is 0. The molecule has 1 amide bonds. The van der Waals surface area contributed by atoms with Gasteiger partial charge in [-0.2, -0.15) is 0 Å². The molecule has 3 N–H and O–H groups in total. The number of furan rings is 1. The Hall–Kier alpha value is -1.29. The fourth-order valence-electron chi connectivity index (χ4n) is 1.09. The fourth-order valence-corrected chi connectivity index (χ4v) is 1.09. The molecule has 1 rings (SSSR count). The third-order valence-corrected chi connectivity index (χ3v) is 2.06. The Labute approximate surface area is 83.5 Å².